The number of carbonyl (C=O) groups excluding carboxylic acids is 1. The van der Waals surface area contributed by atoms with E-state index in [-0.39, 0.29) is 6.04 Å². The maximum Gasteiger partial charge on any atom is 0.423 e. The van der Waals surface area contributed by atoms with Crippen LogP contribution in [0.25, 0.3) is 0 Å². The molecule has 0 aromatic heterocycles. The molecule has 3 nitrogen and oxygen atoms in total. The topological polar surface area (TPSA) is 41.1 Å². The minimum atomic E-state index is -4.76. The molecule has 2 rings (SSSR count). The van der Waals surface area contributed by atoms with Crippen molar-refractivity contribution in [1.82, 2.24) is 10.6 Å². The highest BCUT2D eigenvalue weighted by molar-refractivity contribution is 5.94. The molecule has 0 aliphatic carbocycles. The van der Waals surface area contributed by atoms with Crippen molar-refractivity contribution in [2.75, 3.05) is 0 Å². The minimum absolute atomic E-state index is 0.368. The van der Waals surface area contributed by atoms with E-state index in [1.54, 1.807) is 68.4 Å². The summed E-state index contributed by atoms with van der Waals surface area (Å²) in [6, 6.07) is 16.9. The lowest BCUT2D eigenvalue weighted by Gasteiger charge is -2.19. The van der Waals surface area contributed by atoms with Crippen molar-refractivity contribution in [3.8, 4) is 0 Å². The van der Waals surface area contributed by atoms with E-state index in [0.717, 1.165) is 17.3 Å². The fourth-order valence-electron chi connectivity index (χ4n) is 2.42. The van der Waals surface area contributed by atoms with E-state index in [1.807, 2.05) is 6.07 Å². The number of alkyl halides is 3. The molecule has 0 saturated carbocycles. The highest BCUT2D eigenvalue weighted by Crippen LogP contribution is 2.26. The van der Waals surface area contributed by atoms with Crippen molar-refractivity contribution in [2.45, 2.75) is 32.1 Å². The Kier molecular flexibility index (Phi) is 6.44. The predicted octanol–water partition coefficient (Wildman–Crippen LogP) is 4.66. The molecule has 0 aliphatic heterocycles. The zero-order valence-corrected chi connectivity index (χ0v) is 14.5. The quantitative estimate of drug-likeness (QED) is 0.734. The van der Waals surface area contributed by atoms with Crippen molar-refractivity contribution < 1.29 is 18.0 Å². The van der Waals surface area contributed by atoms with E-state index < -0.39 is 23.7 Å². The number of halogens is 3. The molecule has 0 spiro atoms. The largest absolute Gasteiger partial charge is 0.423 e. The van der Waals surface area contributed by atoms with Gasteiger partial charge in [0, 0.05) is 12.2 Å². The Hall–Kier alpha value is -2.76. The maximum atomic E-state index is 13.3. The molecule has 0 heterocycles. The first-order valence-electron chi connectivity index (χ1n) is 8.23. The van der Waals surface area contributed by atoms with E-state index in [1.165, 1.54) is 0 Å². The Labute approximate surface area is 150 Å². The van der Waals surface area contributed by atoms with Gasteiger partial charge in [0.15, 0.2) is 0 Å². The second kappa shape index (κ2) is 8.56. The zero-order valence-electron chi connectivity index (χ0n) is 14.5. The van der Waals surface area contributed by atoms with Gasteiger partial charge < -0.3 is 10.6 Å². The van der Waals surface area contributed by atoms with Gasteiger partial charge in [-0.25, -0.2) is 0 Å². The van der Waals surface area contributed by atoms with Gasteiger partial charge in [-0.15, -0.1) is 0 Å². The molecule has 2 unspecified atom stereocenters. The lowest BCUT2D eigenvalue weighted by molar-refractivity contribution is -0.131. The summed E-state index contributed by atoms with van der Waals surface area (Å²) in [5.74, 6) is -1.17. The predicted molar refractivity (Wildman–Crippen MR) is 95.1 cm³/mol. The van der Waals surface area contributed by atoms with Gasteiger partial charge in [0.25, 0.3) is 5.91 Å². The molecule has 0 saturated heterocycles. The lowest BCUT2D eigenvalue weighted by atomic mass is 10.1. The summed E-state index contributed by atoms with van der Waals surface area (Å²) < 4.78 is 39.9. The van der Waals surface area contributed by atoms with Crippen molar-refractivity contribution in [1.29, 1.82) is 0 Å². The highest BCUT2D eigenvalue weighted by atomic mass is 19.4. The summed E-state index contributed by atoms with van der Waals surface area (Å²) in [5.41, 5.74) is 0.291. The average Bonchev–Trinajstić information content (AvgIpc) is 2.62. The Morgan fingerprint density at radius 1 is 0.885 bits per heavy atom. The maximum absolute atomic E-state index is 13.3. The fraction of sp³-hybridized carbons (Fsp3) is 0.250. The second-order valence-electron chi connectivity index (χ2n) is 5.96. The number of amides is 1. The monoisotopic (exact) mass is 362 g/mol. The van der Waals surface area contributed by atoms with Gasteiger partial charge in [0.2, 0.25) is 0 Å². The molecule has 26 heavy (non-hydrogen) atoms. The van der Waals surface area contributed by atoms with Crippen LogP contribution in [0.1, 0.15) is 37.1 Å². The van der Waals surface area contributed by atoms with Crippen LogP contribution in [0.3, 0.4) is 0 Å². The van der Waals surface area contributed by atoms with Crippen molar-refractivity contribution >= 4 is 5.91 Å². The first-order chi connectivity index (χ1) is 12.3. The van der Waals surface area contributed by atoms with Crippen LogP contribution in [-0.2, 0) is 4.79 Å². The number of hydrogen-bond donors (Lipinski definition) is 2. The van der Waals surface area contributed by atoms with E-state index in [0.29, 0.717) is 0 Å². The Morgan fingerprint density at radius 2 is 1.35 bits per heavy atom. The fourth-order valence-corrected chi connectivity index (χ4v) is 2.42. The van der Waals surface area contributed by atoms with E-state index in [4.69, 9.17) is 0 Å². The summed E-state index contributed by atoms with van der Waals surface area (Å²) in [6.07, 6.45) is -4.02. The summed E-state index contributed by atoms with van der Waals surface area (Å²) in [7, 11) is 0. The molecule has 2 N–H and O–H groups in total. The number of benzene rings is 2. The van der Waals surface area contributed by atoms with Gasteiger partial charge in [-0.1, -0.05) is 60.7 Å². The lowest BCUT2D eigenvalue weighted by Crippen LogP contribution is -2.34. The molecule has 0 aliphatic rings. The normalized spacial score (nSPS) is 14.4. The van der Waals surface area contributed by atoms with Gasteiger partial charge in [-0.05, 0) is 25.0 Å². The summed E-state index contributed by atoms with van der Waals surface area (Å²) in [4.78, 5) is 12.2. The third kappa shape index (κ3) is 5.37. The van der Waals surface area contributed by atoms with Crippen molar-refractivity contribution in [2.24, 2.45) is 0 Å². The molecule has 6 heteroatoms. The molecular formula is C20H21F3N2O. The molecular weight excluding hydrogens is 341 g/mol. The van der Waals surface area contributed by atoms with Gasteiger partial charge in [0.05, 0.1) is 6.04 Å². The summed E-state index contributed by atoms with van der Waals surface area (Å²) in [5, 5.41) is 5.06. The van der Waals surface area contributed by atoms with E-state index >= 15 is 0 Å². The Morgan fingerprint density at radius 3 is 1.81 bits per heavy atom. The van der Waals surface area contributed by atoms with Crippen molar-refractivity contribution in [3.63, 3.8) is 0 Å². The molecule has 138 valence electrons. The standard InChI is InChI=1S/C20H21F3N2O/c1-14(16-9-5-3-6-10-16)24-13-18(20(21,22)23)19(26)25-15(2)17-11-7-4-8-12-17/h3-15,24H,1-2H3,(H,25,26). The first kappa shape index (κ1) is 19.6. The molecule has 0 bridgehead atoms. The molecule has 0 fully saturated rings. The van der Waals surface area contributed by atoms with Gasteiger partial charge in [0.1, 0.15) is 5.57 Å². The molecule has 0 radical (unpaired) electrons. The third-order valence-electron chi connectivity index (χ3n) is 3.97. The van der Waals surface area contributed by atoms with Crippen LogP contribution in [0.15, 0.2) is 72.4 Å². The van der Waals surface area contributed by atoms with E-state index in [9.17, 15) is 18.0 Å². The third-order valence-corrected chi connectivity index (χ3v) is 3.97. The Bertz CT molecular complexity index is 743. The van der Waals surface area contributed by atoms with Gasteiger partial charge >= 0.3 is 6.18 Å². The second-order valence-corrected chi connectivity index (χ2v) is 5.96. The number of hydrogen-bond acceptors (Lipinski definition) is 2. The number of nitrogens with one attached hydrogen (secondary N) is 2. The number of rotatable bonds is 6. The Balaban J connectivity index is 2.12. The molecule has 2 atom stereocenters. The zero-order chi connectivity index (χ0) is 19.2. The average molecular weight is 362 g/mol. The van der Waals surface area contributed by atoms with Crippen molar-refractivity contribution in [3.05, 3.63) is 83.6 Å². The van der Waals surface area contributed by atoms with E-state index in [2.05, 4.69) is 10.6 Å². The summed E-state index contributed by atoms with van der Waals surface area (Å²) in [6.45, 7) is 3.37. The van der Waals surface area contributed by atoms with Crippen LogP contribution in [-0.4, -0.2) is 12.1 Å². The molecule has 2 aromatic carbocycles. The van der Waals surface area contributed by atoms with Gasteiger partial charge in [-0.3, -0.25) is 4.79 Å². The minimum Gasteiger partial charge on any atom is -0.384 e. The molecule has 1 amide bonds. The first-order valence-corrected chi connectivity index (χ1v) is 8.23. The van der Waals surface area contributed by atoms with Crippen LogP contribution >= 0.6 is 0 Å². The van der Waals surface area contributed by atoms with Crippen LogP contribution in [0.4, 0.5) is 13.2 Å². The summed E-state index contributed by atoms with van der Waals surface area (Å²) >= 11 is 0. The SMILES string of the molecule is CC(NC=C(C(=O)NC(C)c1ccccc1)C(F)(F)F)c1ccccc1. The highest BCUT2D eigenvalue weighted by Gasteiger charge is 2.39. The molecule has 2 aromatic rings. The van der Waals surface area contributed by atoms with Gasteiger partial charge in [-0.2, -0.15) is 13.2 Å². The smallest absolute Gasteiger partial charge is 0.384 e. The number of carbonyl (C=O) groups is 1. The van der Waals surface area contributed by atoms with Crippen LogP contribution in [0.2, 0.25) is 0 Å². The van der Waals surface area contributed by atoms with Crippen LogP contribution in [0.5, 0.6) is 0 Å². The van der Waals surface area contributed by atoms with Crippen LogP contribution in [0, 0.1) is 0 Å². The van der Waals surface area contributed by atoms with Crippen LogP contribution < -0.4 is 10.6 Å².